The third-order valence-electron chi connectivity index (χ3n) is 12.6. The van der Waals surface area contributed by atoms with Crippen molar-refractivity contribution in [3.05, 3.63) is 204 Å². The number of para-hydroxylation sites is 3. The van der Waals surface area contributed by atoms with Crippen molar-refractivity contribution in [2.75, 3.05) is 9.80 Å². The second-order valence-corrected chi connectivity index (χ2v) is 16.6. The smallest absolute Gasteiger partial charge is 0.152 e. The van der Waals surface area contributed by atoms with Gasteiger partial charge >= 0.3 is 0 Å². The van der Waals surface area contributed by atoms with Crippen LogP contribution in [0.2, 0.25) is 0 Å². The summed E-state index contributed by atoms with van der Waals surface area (Å²) in [5, 5.41) is 0. The Morgan fingerprint density at radius 1 is 0.386 bits per heavy atom. The van der Waals surface area contributed by atoms with Crippen LogP contribution >= 0.6 is 0 Å². The molecule has 0 fully saturated rings. The number of benzene rings is 8. The highest BCUT2D eigenvalue weighted by Crippen LogP contribution is 2.60. The van der Waals surface area contributed by atoms with Crippen LogP contribution in [0.5, 0.6) is 11.5 Å². The third kappa shape index (κ3) is 5.05. The average molecular weight is 735 g/mol. The summed E-state index contributed by atoms with van der Waals surface area (Å²) < 4.78 is 6.80. The fraction of sp³-hybridized carbons (Fsp3) is 0.111. The Balaban J connectivity index is 1.07. The second-order valence-electron chi connectivity index (χ2n) is 16.6. The van der Waals surface area contributed by atoms with Gasteiger partial charge in [0.1, 0.15) is 0 Å². The summed E-state index contributed by atoms with van der Waals surface area (Å²) in [5.74, 6) is 1.74. The number of hydrogen-bond acceptors (Lipinski definition) is 3. The fourth-order valence-corrected chi connectivity index (χ4v) is 9.66. The van der Waals surface area contributed by atoms with E-state index in [1.165, 1.54) is 50.2 Å². The monoisotopic (exact) mass is 734 g/mol. The summed E-state index contributed by atoms with van der Waals surface area (Å²) in [6.45, 7) is 9.39. The van der Waals surface area contributed by atoms with Crippen LogP contribution in [0.15, 0.2) is 182 Å². The van der Waals surface area contributed by atoms with Gasteiger partial charge in [0.25, 0.3) is 0 Å². The average Bonchev–Trinajstić information content (AvgIpc) is 3.48. The molecule has 2 aliphatic heterocycles. The van der Waals surface area contributed by atoms with Gasteiger partial charge in [0.15, 0.2) is 11.5 Å². The molecule has 0 N–H and O–H groups in total. The van der Waals surface area contributed by atoms with E-state index in [1.54, 1.807) is 0 Å². The van der Waals surface area contributed by atoms with E-state index in [9.17, 15) is 0 Å². The van der Waals surface area contributed by atoms with Crippen molar-refractivity contribution >= 4 is 34.1 Å². The standard InChI is InChI=1S/C54H42N2O/c1-53(2)44-20-9-8-19-42(44)43-30-29-41(34-46(43)53)55(39-27-25-36(26-28-39)35-15-6-5-7-16-35)40-18-14-17-37(31-40)38-32-47-52-51(33-38)57-50-24-13-12-23-49(50)56(52)48-22-11-10-21-45(48)54(47,3)4/h5-34H,1-4H3. The maximum absolute atomic E-state index is 6.80. The van der Waals surface area contributed by atoms with Crippen LogP contribution in [0.1, 0.15) is 49.9 Å². The van der Waals surface area contributed by atoms with Crippen molar-refractivity contribution in [2.24, 2.45) is 0 Å². The molecule has 11 rings (SSSR count). The zero-order valence-corrected chi connectivity index (χ0v) is 32.6. The molecule has 57 heavy (non-hydrogen) atoms. The first-order chi connectivity index (χ1) is 27.8. The van der Waals surface area contributed by atoms with E-state index in [0.29, 0.717) is 0 Å². The van der Waals surface area contributed by atoms with Crippen molar-refractivity contribution in [1.29, 1.82) is 0 Å². The molecule has 0 bridgehead atoms. The van der Waals surface area contributed by atoms with Crippen molar-refractivity contribution in [3.8, 4) is 44.9 Å². The molecule has 3 aliphatic rings. The van der Waals surface area contributed by atoms with Gasteiger partial charge in [-0.15, -0.1) is 0 Å². The van der Waals surface area contributed by atoms with Crippen LogP contribution in [0, 0.1) is 0 Å². The predicted octanol–water partition coefficient (Wildman–Crippen LogP) is 15.0. The molecule has 0 amide bonds. The van der Waals surface area contributed by atoms with Crippen LogP contribution in [0.3, 0.4) is 0 Å². The highest BCUT2D eigenvalue weighted by Gasteiger charge is 2.42. The SMILES string of the molecule is CC1(C)c2ccccc2-c2ccc(N(c3ccc(-c4ccccc4)cc3)c3cccc(-c4cc5c6c(c4)C(C)(C)c4ccccc4N6c4ccccc4O5)c3)cc21. The molecule has 0 saturated carbocycles. The van der Waals surface area contributed by atoms with Gasteiger partial charge in [0, 0.05) is 27.9 Å². The third-order valence-corrected chi connectivity index (χ3v) is 12.6. The summed E-state index contributed by atoms with van der Waals surface area (Å²) in [5.41, 5.74) is 19.0. The summed E-state index contributed by atoms with van der Waals surface area (Å²) >= 11 is 0. The lowest BCUT2D eigenvalue weighted by Gasteiger charge is -2.45. The minimum Gasteiger partial charge on any atom is -0.453 e. The normalized spacial score (nSPS) is 14.7. The Kier molecular flexibility index (Phi) is 7.25. The van der Waals surface area contributed by atoms with Gasteiger partial charge in [0.05, 0.1) is 17.1 Å². The van der Waals surface area contributed by atoms with E-state index in [0.717, 1.165) is 51.1 Å². The summed E-state index contributed by atoms with van der Waals surface area (Å²) in [6.07, 6.45) is 0. The van der Waals surface area contributed by atoms with Crippen LogP contribution in [0.4, 0.5) is 34.1 Å². The lowest BCUT2D eigenvalue weighted by molar-refractivity contribution is 0.471. The summed E-state index contributed by atoms with van der Waals surface area (Å²) in [7, 11) is 0. The molecule has 0 spiro atoms. The van der Waals surface area contributed by atoms with Gasteiger partial charge in [-0.1, -0.05) is 143 Å². The summed E-state index contributed by atoms with van der Waals surface area (Å²) in [6, 6.07) is 66.3. The van der Waals surface area contributed by atoms with Crippen molar-refractivity contribution < 1.29 is 4.74 Å². The van der Waals surface area contributed by atoms with E-state index in [-0.39, 0.29) is 10.8 Å². The first-order valence-corrected chi connectivity index (χ1v) is 19.9. The lowest BCUT2D eigenvalue weighted by Crippen LogP contribution is -2.32. The highest BCUT2D eigenvalue weighted by atomic mass is 16.5. The Bertz CT molecular complexity index is 2890. The van der Waals surface area contributed by atoms with Gasteiger partial charge in [-0.05, 0) is 122 Å². The van der Waals surface area contributed by atoms with Crippen LogP contribution in [-0.2, 0) is 10.8 Å². The van der Waals surface area contributed by atoms with Crippen LogP contribution in [-0.4, -0.2) is 0 Å². The van der Waals surface area contributed by atoms with Gasteiger partial charge in [0.2, 0.25) is 0 Å². The van der Waals surface area contributed by atoms with Crippen LogP contribution < -0.4 is 14.5 Å². The molecule has 3 nitrogen and oxygen atoms in total. The number of fused-ring (bicyclic) bond motifs is 7. The Morgan fingerprint density at radius 3 is 1.82 bits per heavy atom. The van der Waals surface area contributed by atoms with E-state index < -0.39 is 0 Å². The minimum atomic E-state index is -0.248. The van der Waals surface area contributed by atoms with Crippen molar-refractivity contribution in [3.63, 3.8) is 0 Å². The molecule has 8 aromatic rings. The molecule has 8 aromatic carbocycles. The van der Waals surface area contributed by atoms with Gasteiger partial charge < -0.3 is 14.5 Å². The quantitative estimate of drug-likeness (QED) is 0.175. The molecular weight excluding hydrogens is 693 g/mol. The minimum absolute atomic E-state index is 0.116. The number of hydrogen-bond donors (Lipinski definition) is 0. The maximum Gasteiger partial charge on any atom is 0.152 e. The number of nitrogens with zero attached hydrogens (tertiary/aromatic N) is 2. The van der Waals surface area contributed by atoms with Crippen molar-refractivity contribution in [1.82, 2.24) is 0 Å². The molecular formula is C54H42N2O. The predicted molar refractivity (Wildman–Crippen MR) is 236 cm³/mol. The number of anilines is 6. The number of ether oxygens (including phenoxy) is 1. The topological polar surface area (TPSA) is 15.7 Å². The molecule has 0 unspecified atom stereocenters. The zero-order valence-electron chi connectivity index (χ0n) is 32.6. The maximum atomic E-state index is 6.80. The lowest BCUT2D eigenvalue weighted by atomic mass is 9.72. The molecule has 3 heteroatoms. The molecule has 0 aromatic heterocycles. The van der Waals surface area contributed by atoms with Crippen molar-refractivity contribution in [2.45, 2.75) is 38.5 Å². The van der Waals surface area contributed by atoms with E-state index in [4.69, 9.17) is 4.74 Å². The first kappa shape index (κ1) is 33.5. The molecule has 274 valence electrons. The Labute approximate surface area is 335 Å². The molecule has 0 atom stereocenters. The molecule has 0 radical (unpaired) electrons. The molecule has 2 heterocycles. The van der Waals surface area contributed by atoms with E-state index in [2.05, 4.69) is 219 Å². The number of rotatable bonds is 5. The summed E-state index contributed by atoms with van der Waals surface area (Å²) in [4.78, 5) is 4.81. The van der Waals surface area contributed by atoms with Gasteiger partial charge in [-0.3, -0.25) is 0 Å². The second kappa shape index (κ2) is 12.3. The zero-order chi connectivity index (χ0) is 38.5. The Morgan fingerprint density at radius 2 is 1.00 bits per heavy atom. The van der Waals surface area contributed by atoms with Gasteiger partial charge in [-0.2, -0.15) is 0 Å². The van der Waals surface area contributed by atoms with E-state index in [1.807, 2.05) is 0 Å². The first-order valence-electron chi connectivity index (χ1n) is 19.9. The van der Waals surface area contributed by atoms with Gasteiger partial charge in [-0.25, -0.2) is 0 Å². The Hall–Kier alpha value is -6.84. The largest absolute Gasteiger partial charge is 0.453 e. The highest BCUT2D eigenvalue weighted by molar-refractivity contribution is 5.95. The van der Waals surface area contributed by atoms with Crippen LogP contribution in [0.25, 0.3) is 33.4 Å². The molecule has 0 saturated heterocycles. The fourth-order valence-electron chi connectivity index (χ4n) is 9.66. The molecule has 1 aliphatic carbocycles. The van der Waals surface area contributed by atoms with E-state index >= 15 is 0 Å².